The number of likely N-dealkylation sites (N-methyl/N-ethyl adjacent to an activating group) is 1. The summed E-state index contributed by atoms with van der Waals surface area (Å²) >= 11 is 1.76. The van der Waals surface area contributed by atoms with Gasteiger partial charge in [-0.25, -0.2) is 0 Å². The minimum absolute atomic E-state index is 0.232. The van der Waals surface area contributed by atoms with Gasteiger partial charge < -0.3 is 14.6 Å². The van der Waals surface area contributed by atoms with E-state index in [1.54, 1.807) is 11.3 Å². The van der Waals surface area contributed by atoms with E-state index >= 15 is 0 Å². The molecule has 4 nitrogen and oxygen atoms in total. The van der Waals surface area contributed by atoms with Crippen LogP contribution < -0.4 is 0 Å². The molecule has 1 N–H and O–H groups in total. The molecule has 2 rings (SSSR count). The van der Waals surface area contributed by atoms with E-state index < -0.39 is 6.10 Å². The number of ether oxygens (including phenoxy) is 2. The third-order valence-electron chi connectivity index (χ3n) is 3.51. The van der Waals surface area contributed by atoms with Crippen LogP contribution in [0.1, 0.15) is 24.6 Å². The fourth-order valence-corrected chi connectivity index (χ4v) is 3.14. The molecule has 20 heavy (non-hydrogen) atoms. The molecular formula is C15H25NO3S. The van der Waals surface area contributed by atoms with Gasteiger partial charge >= 0.3 is 0 Å². The molecule has 0 amide bonds. The van der Waals surface area contributed by atoms with Crippen molar-refractivity contribution >= 4 is 11.3 Å². The fourth-order valence-electron chi connectivity index (χ4n) is 2.39. The van der Waals surface area contributed by atoms with Gasteiger partial charge in [0.2, 0.25) is 0 Å². The van der Waals surface area contributed by atoms with Crippen molar-refractivity contribution in [2.24, 2.45) is 0 Å². The van der Waals surface area contributed by atoms with Crippen LogP contribution in [0.2, 0.25) is 0 Å². The van der Waals surface area contributed by atoms with E-state index in [2.05, 4.69) is 29.3 Å². The Balaban J connectivity index is 1.62. The van der Waals surface area contributed by atoms with Crippen molar-refractivity contribution in [3.05, 3.63) is 22.4 Å². The molecule has 114 valence electrons. The third-order valence-corrected chi connectivity index (χ3v) is 4.37. The maximum absolute atomic E-state index is 10.0. The zero-order valence-corrected chi connectivity index (χ0v) is 13.0. The Morgan fingerprint density at radius 1 is 1.60 bits per heavy atom. The van der Waals surface area contributed by atoms with E-state index in [1.165, 1.54) is 4.88 Å². The topological polar surface area (TPSA) is 41.9 Å². The number of hydrogen-bond donors (Lipinski definition) is 1. The van der Waals surface area contributed by atoms with E-state index in [0.29, 0.717) is 19.8 Å². The second-order valence-electron chi connectivity index (χ2n) is 5.23. The highest BCUT2D eigenvalue weighted by Crippen LogP contribution is 2.13. The lowest BCUT2D eigenvalue weighted by Crippen LogP contribution is -2.35. The summed E-state index contributed by atoms with van der Waals surface area (Å²) in [4.78, 5) is 3.57. The van der Waals surface area contributed by atoms with Crippen molar-refractivity contribution in [2.45, 2.75) is 38.5 Å². The maximum Gasteiger partial charge on any atom is 0.0900 e. The predicted molar refractivity (Wildman–Crippen MR) is 81.1 cm³/mol. The molecule has 2 heterocycles. The molecule has 1 aliphatic heterocycles. The summed E-state index contributed by atoms with van der Waals surface area (Å²) in [7, 11) is 0. The molecule has 0 aliphatic carbocycles. The molecule has 2 atom stereocenters. The number of thiophene rings is 1. The third kappa shape index (κ3) is 5.50. The van der Waals surface area contributed by atoms with Gasteiger partial charge in [0.15, 0.2) is 0 Å². The number of nitrogens with zero attached hydrogens (tertiary/aromatic N) is 1. The van der Waals surface area contributed by atoms with Crippen molar-refractivity contribution in [1.82, 2.24) is 4.90 Å². The molecule has 1 fully saturated rings. The van der Waals surface area contributed by atoms with Gasteiger partial charge in [-0.2, -0.15) is 0 Å². The molecule has 1 saturated heterocycles. The minimum atomic E-state index is -0.434. The summed E-state index contributed by atoms with van der Waals surface area (Å²) in [6, 6.07) is 4.20. The number of rotatable bonds is 9. The van der Waals surface area contributed by atoms with Gasteiger partial charge in [-0.3, -0.25) is 4.90 Å². The van der Waals surface area contributed by atoms with Crippen LogP contribution in [0.25, 0.3) is 0 Å². The average molecular weight is 299 g/mol. The zero-order chi connectivity index (χ0) is 14.2. The van der Waals surface area contributed by atoms with Crippen LogP contribution in [0.15, 0.2) is 17.5 Å². The lowest BCUT2D eigenvalue weighted by molar-refractivity contribution is -0.0253. The highest BCUT2D eigenvalue weighted by molar-refractivity contribution is 7.09. The highest BCUT2D eigenvalue weighted by atomic mass is 32.1. The van der Waals surface area contributed by atoms with Gasteiger partial charge in [0.1, 0.15) is 0 Å². The first kappa shape index (κ1) is 15.9. The molecule has 1 aromatic rings. The van der Waals surface area contributed by atoms with Crippen LogP contribution in [0.3, 0.4) is 0 Å². The number of aliphatic hydroxyl groups excluding tert-OH is 1. The van der Waals surface area contributed by atoms with Gasteiger partial charge in [0.05, 0.1) is 25.4 Å². The summed E-state index contributed by atoms with van der Waals surface area (Å²) in [6.07, 6.45) is 2.00. The van der Waals surface area contributed by atoms with Crippen LogP contribution >= 0.6 is 11.3 Å². The number of aliphatic hydroxyl groups is 1. The SMILES string of the molecule is CCN(Cc1cccs1)CC(O)COCC1CCCO1. The standard InChI is InChI=1S/C15H25NO3S/c1-2-16(10-15-6-4-8-20-15)9-13(17)11-18-12-14-5-3-7-19-14/h4,6,8,13-14,17H,2-3,5,7,9-12H2,1H3. The summed E-state index contributed by atoms with van der Waals surface area (Å²) in [5.41, 5.74) is 0. The Hall–Kier alpha value is -0.460. The minimum Gasteiger partial charge on any atom is -0.389 e. The van der Waals surface area contributed by atoms with Crippen molar-refractivity contribution in [1.29, 1.82) is 0 Å². The first-order valence-corrected chi connectivity index (χ1v) is 8.28. The Morgan fingerprint density at radius 3 is 3.15 bits per heavy atom. The first-order chi connectivity index (χ1) is 9.78. The smallest absolute Gasteiger partial charge is 0.0900 e. The van der Waals surface area contributed by atoms with Crippen molar-refractivity contribution in [3.8, 4) is 0 Å². The van der Waals surface area contributed by atoms with Gasteiger partial charge in [0.25, 0.3) is 0 Å². The second-order valence-corrected chi connectivity index (χ2v) is 6.27. The number of hydrogen-bond acceptors (Lipinski definition) is 5. The Bertz CT molecular complexity index is 352. The molecule has 5 heteroatoms. The molecule has 1 aromatic heterocycles. The van der Waals surface area contributed by atoms with Gasteiger partial charge in [-0.05, 0) is 30.8 Å². The van der Waals surface area contributed by atoms with Crippen molar-refractivity contribution in [3.63, 3.8) is 0 Å². The summed E-state index contributed by atoms with van der Waals surface area (Å²) in [5.74, 6) is 0. The van der Waals surface area contributed by atoms with E-state index in [0.717, 1.165) is 32.5 Å². The van der Waals surface area contributed by atoms with Crippen LogP contribution in [0.5, 0.6) is 0 Å². The molecule has 1 aliphatic rings. The van der Waals surface area contributed by atoms with Crippen LogP contribution in [0.4, 0.5) is 0 Å². The average Bonchev–Trinajstić information content (AvgIpc) is 3.11. The highest BCUT2D eigenvalue weighted by Gasteiger charge is 2.17. The Kier molecular flexibility index (Phi) is 6.96. The van der Waals surface area contributed by atoms with Gasteiger partial charge in [-0.1, -0.05) is 13.0 Å². The van der Waals surface area contributed by atoms with Crippen LogP contribution in [-0.2, 0) is 16.0 Å². The molecule has 2 unspecified atom stereocenters. The summed E-state index contributed by atoms with van der Waals surface area (Å²) in [5, 5.41) is 12.1. The van der Waals surface area contributed by atoms with E-state index in [4.69, 9.17) is 9.47 Å². The molecule has 0 spiro atoms. The van der Waals surface area contributed by atoms with Crippen LogP contribution in [-0.4, -0.2) is 55.1 Å². The normalized spacial score (nSPS) is 20.6. The fraction of sp³-hybridized carbons (Fsp3) is 0.733. The van der Waals surface area contributed by atoms with Gasteiger partial charge in [-0.15, -0.1) is 11.3 Å². The lowest BCUT2D eigenvalue weighted by Gasteiger charge is -2.23. The van der Waals surface area contributed by atoms with Crippen molar-refractivity contribution in [2.75, 3.05) is 32.9 Å². The Labute approximate surface area is 125 Å². The first-order valence-electron chi connectivity index (χ1n) is 7.40. The molecule has 0 aromatic carbocycles. The lowest BCUT2D eigenvalue weighted by atomic mass is 10.2. The molecule has 0 saturated carbocycles. The Morgan fingerprint density at radius 2 is 2.50 bits per heavy atom. The maximum atomic E-state index is 10.0. The predicted octanol–water partition coefficient (Wildman–Crippen LogP) is 2.13. The zero-order valence-electron chi connectivity index (χ0n) is 12.2. The van der Waals surface area contributed by atoms with E-state index in [1.807, 2.05) is 0 Å². The largest absolute Gasteiger partial charge is 0.389 e. The summed E-state index contributed by atoms with van der Waals surface area (Å²) < 4.78 is 11.1. The van der Waals surface area contributed by atoms with Crippen molar-refractivity contribution < 1.29 is 14.6 Å². The van der Waals surface area contributed by atoms with E-state index in [-0.39, 0.29) is 6.10 Å². The molecule has 0 bridgehead atoms. The summed E-state index contributed by atoms with van der Waals surface area (Å²) in [6.45, 7) is 6.45. The van der Waals surface area contributed by atoms with Crippen LogP contribution in [0, 0.1) is 0 Å². The van der Waals surface area contributed by atoms with E-state index in [9.17, 15) is 5.11 Å². The quantitative estimate of drug-likeness (QED) is 0.758. The molecular weight excluding hydrogens is 274 g/mol. The monoisotopic (exact) mass is 299 g/mol. The van der Waals surface area contributed by atoms with Gasteiger partial charge in [0, 0.05) is 24.6 Å². The second kappa shape index (κ2) is 8.74. The molecule has 0 radical (unpaired) electrons.